The van der Waals surface area contributed by atoms with Gasteiger partial charge in [0.1, 0.15) is 5.52 Å². The van der Waals surface area contributed by atoms with E-state index in [4.69, 9.17) is 0 Å². The van der Waals surface area contributed by atoms with Gasteiger partial charge in [0.25, 0.3) is 5.56 Å². The van der Waals surface area contributed by atoms with E-state index in [1.54, 1.807) is 6.07 Å². The van der Waals surface area contributed by atoms with E-state index in [1.807, 2.05) is 18.2 Å². The highest BCUT2D eigenvalue weighted by Crippen LogP contribution is 2.07. The first-order valence-corrected chi connectivity index (χ1v) is 5.90. The monoisotopic (exact) mass is 230 g/mol. The van der Waals surface area contributed by atoms with E-state index in [2.05, 4.69) is 15.6 Å². The van der Waals surface area contributed by atoms with Gasteiger partial charge in [-0.25, -0.2) is 4.68 Å². The first kappa shape index (κ1) is 10.4. The first-order chi connectivity index (χ1) is 8.34. The van der Waals surface area contributed by atoms with Gasteiger partial charge in [-0.15, -0.1) is 5.10 Å². The fourth-order valence-corrected chi connectivity index (χ4v) is 2.26. The molecular weight excluding hydrogens is 216 g/mol. The van der Waals surface area contributed by atoms with Crippen LogP contribution >= 0.6 is 0 Å². The summed E-state index contributed by atoms with van der Waals surface area (Å²) in [5.74, 6) is 0. The Bertz CT molecular complexity index is 586. The Hall–Kier alpha value is -1.75. The summed E-state index contributed by atoms with van der Waals surface area (Å²) in [6.45, 7) is 1.64. The zero-order valence-corrected chi connectivity index (χ0v) is 9.47. The minimum atomic E-state index is -0.0516. The van der Waals surface area contributed by atoms with Crippen LogP contribution < -0.4 is 10.9 Å². The van der Waals surface area contributed by atoms with E-state index in [9.17, 15) is 4.79 Å². The predicted molar refractivity (Wildman–Crippen MR) is 64.8 cm³/mol. The van der Waals surface area contributed by atoms with Crippen molar-refractivity contribution in [1.82, 2.24) is 20.3 Å². The summed E-state index contributed by atoms with van der Waals surface area (Å²) in [5, 5.41) is 12.0. The maximum atomic E-state index is 12.1. The van der Waals surface area contributed by atoms with Gasteiger partial charge in [-0.3, -0.25) is 4.79 Å². The summed E-state index contributed by atoms with van der Waals surface area (Å²) < 4.78 is 1.46. The van der Waals surface area contributed by atoms with Crippen LogP contribution in [0.4, 0.5) is 0 Å². The lowest BCUT2D eigenvalue weighted by Gasteiger charge is -2.10. The number of benzene rings is 1. The molecule has 5 heteroatoms. The van der Waals surface area contributed by atoms with E-state index in [0.29, 0.717) is 23.5 Å². The lowest BCUT2D eigenvalue weighted by molar-refractivity contribution is 0.447. The van der Waals surface area contributed by atoms with Crippen LogP contribution in [0.15, 0.2) is 29.1 Å². The van der Waals surface area contributed by atoms with Gasteiger partial charge in [-0.05, 0) is 31.5 Å². The van der Waals surface area contributed by atoms with Crippen LogP contribution in [0.2, 0.25) is 0 Å². The molecule has 0 bridgehead atoms. The van der Waals surface area contributed by atoms with Gasteiger partial charge in [0.05, 0.1) is 11.9 Å². The zero-order valence-electron chi connectivity index (χ0n) is 9.47. The number of hydrogen-bond acceptors (Lipinski definition) is 4. The lowest BCUT2D eigenvalue weighted by Crippen LogP contribution is -2.34. The van der Waals surface area contributed by atoms with Crippen LogP contribution in [0.5, 0.6) is 0 Å². The Morgan fingerprint density at radius 3 is 3.12 bits per heavy atom. The lowest BCUT2D eigenvalue weighted by atomic mass is 10.2. The largest absolute Gasteiger partial charge is 0.312 e. The van der Waals surface area contributed by atoms with Gasteiger partial charge in [0, 0.05) is 6.04 Å². The fraction of sp³-hybridized carbons (Fsp3) is 0.417. The van der Waals surface area contributed by atoms with Crippen molar-refractivity contribution in [2.24, 2.45) is 0 Å². The topological polar surface area (TPSA) is 59.8 Å². The van der Waals surface area contributed by atoms with Gasteiger partial charge in [-0.1, -0.05) is 17.3 Å². The van der Waals surface area contributed by atoms with Crippen LogP contribution in [0.25, 0.3) is 10.9 Å². The van der Waals surface area contributed by atoms with Crippen molar-refractivity contribution in [3.63, 3.8) is 0 Å². The molecule has 5 nitrogen and oxygen atoms in total. The van der Waals surface area contributed by atoms with Gasteiger partial charge >= 0.3 is 0 Å². The van der Waals surface area contributed by atoms with Gasteiger partial charge in [-0.2, -0.15) is 0 Å². The second-order valence-corrected chi connectivity index (χ2v) is 4.39. The minimum Gasteiger partial charge on any atom is -0.312 e. The molecule has 3 rings (SSSR count). The molecule has 0 amide bonds. The van der Waals surface area contributed by atoms with Crippen molar-refractivity contribution in [3.8, 4) is 0 Å². The number of fused-ring (bicyclic) bond motifs is 1. The summed E-state index contributed by atoms with van der Waals surface area (Å²) in [4.78, 5) is 12.1. The Kier molecular flexibility index (Phi) is 2.60. The number of rotatable bonds is 2. The van der Waals surface area contributed by atoms with Crippen molar-refractivity contribution in [3.05, 3.63) is 34.6 Å². The number of nitrogens with one attached hydrogen (secondary N) is 1. The molecule has 1 aliphatic heterocycles. The van der Waals surface area contributed by atoms with Gasteiger partial charge in [0.2, 0.25) is 0 Å². The van der Waals surface area contributed by atoms with Crippen LogP contribution in [0.1, 0.15) is 12.8 Å². The van der Waals surface area contributed by atoms with Crippen molar-refractivity contribution in [1.29, 1.82) is 0 Å². The molecule has 0 spiro atoms. The highest BCUT2D eigenvalue weighted by Gasteiger charge is 2.16. The molecule has 0 aliphatic carbocycles. The third kappa shape index (κ3) is 1.93. The van der Waals surface area contributed by atoms with E-state index in [1.165, 1.54) is 11.1 Å². The van der Waals surface area contributed by atoms with E-state index >= 15 is 0 Å². The summed E-state index contributed by atoms with van der Waals surface area (Å²) in [6.07, 6.45) is 2.27. The number of hydrogen-bond donors (Lipinski definition) is 1. The van der Waals surface area contributed by atoms with Crippen LogP contribution in [-0.2, 0) is 6.54 Å². The molecule has 1 aromatic carbocycles. The molecule has 1 aliphatic rings. The predicted octanol–water partition coefficient (Wildman–Crippen LogP) is 0.543. The van der Waals surface area contributed by atoms with Crippen LogP contribution in [-0.4, -0.2) is 27.6 Å². The normalized spacial score (nSPS) is 19.9. The Labute approximate surface area is 98.4 Å². The number of nitrogens with zero attached hydrogens (tertiary/aromatic N) is 3. The van der Waals surface area contributed by atoms with Gasteiger partial charge < -0.3 is 5.32 Å². The average molecular weight is 230 g/mol. The summed E-state index contributed by atoms with van der Waals surface area (Å²) in [7, 11) is 0. The molecule has 17 heavy (non-hydrogen) atoms. The Morgan fingerprint density at radius 2 is 2.29 bits per heavy atom. The zero-order chi connectivity index (χ0) is 11.7. The van der Waals surface area contributed by atoms with Crippen molar-refractivity contribution in [2.75, 3.05) is 6.54 Å². The highest BCUT2D eigenvalue weighted by atomic mass is 16.1. The Morgan fingerprint density at radius 1 is 1.41 bits per heavy atom. The van der Waals surface area contributed by atoms with Crippen molar-refractivity contribution in [2.45, 2.75) is 25.4 Å². The third-order valence-corrected chi connectivity index (χ3v) is 3.19. The highest BCUT2D eigenvalue weighted by molar-refractivity contribution is 5.76. The first-order valence-electron chi connectivity index (χ1n) is 5.90. The molecular formula is C12H14N4O. The van der Waals surface area contributed by atoms with Crippen LogP contribution in [0, 0.1) is 0 Å². The van der Waals surface area contributed by atoms with Gasteiger partial charge in [0.15, 0.2) is 0 Å². The maximum Gasteiger partial charge on any atom is 0.277 e. The van der Waals surface area contributed by atoms with E-state index in [0.717, 1.165) is 13.0 Å². The molecule has 88 valence electrons. The molecule has 2 aromatic rings. The minimum absolute atomic E-state index is 0.0516. The van der Waals surface area contributed by atoms with E-state index in [-0.39, 0.29) is 5.56 Å². The molecule has 0 radical (unpaired) electrons. The summed E-state index contributed by atoms with van der Waals surface area (Å²) in [5.41, 5.74) is 0.609. The van der Waals surface area contributed by atoms with Crippen molar-refractivity contribution >= 4 is 10.9 Å². The van der Waals surface area contributed by atoms with E-state index < -0.39 is 0 Å². The molecule has 1 atom stereocenters. The smallest absolute Gasteiger partial charge is 0.277 e. The van der Waals surface area contributed by atoms with Crippen molar-refractivity contribution < 1.29 is 0 Å². The molecule has 1 fully saturated rings. The SMILES string of the molecule is O=c1c2ccccc2nnn1CC1CCCN1. The third-order valence-electron chi connectivity index (χ3n) is 3.19. The number of aromatic nitrogens is 3. The standard InChI is InChI=1S/C12H14N4O/c17-12-10-5-1-2-6-11(10)14-15-16(12)8-9-4-3-7-13-9/h1-2,5-6,9,13H,3-4,7-8H2. The summed E-state index contributed by atoms with van der Waals surface area (Å²) >= 11 is 0. The molecule has 1 saturated heterocycles. The average Bonchev–Trinajstić information content (AvgIpc) is 2.86. The maximum absolute atomic E-state index is 12.1. The fourth-order valence-electron chi connectivity index (χ4n) is 2.26. The Balaban J connectivity index is 1.99. The molecule has 1 N–H and O–H groups in total. The molecule has 1 aromatic heterocycles. The second-order valence-electron chi connectivity index (χ2n) is 4.39. The molecule has 2 heterocycles. The molecule has 1 unspecified atom stereocenters. The quantitative estimate of drug-likeness (QED) is 0.818. The molecule has 0 saturated carbocycles. The second kappa shape index (κ2) is 4.25. The summed E-state index contributed by atoms with van der Waals surface area (Å²) in [6, 6.07) is 7.67. The van der Waals surface area contributed by atoms with Crippen LogP contribution in [0.3, 0.4) is 0 Å².